The fourth-order valence-electron chi connectivity index (χ4n) is 1.85. The van der Waals surface area contributed by atoms with E-state index >= 15 is 0 Å². The Hall–Kier alpha value is -3.68. The predicted molar refractivity (Wildman–Crippen MR) is 86.4 cm³/mol. The fourth-order valence-corrected chi connectivity index (χ4v) is 1.85. The average molecular weight is 320 g/mol. The molecule has 0 fully saturated rings. The van der Waals surface area contributed by atoms with E-state index in [1.165, 1.54) is 24.8 Å². The van der Waals surface area contributed by atoms with Crippen molar-refractivity contribution in [2.75, 3.05) is 10.6 Å². The molecule has 118 valence electrons. The van der Waals surface area contributed by atoms with Gasteiger partial charge in [0.05, 0.1) is 0 Å². The van der Waals surface area contributed by atoms with Gasteiger partial charge in [0.2, 0.25) is 11.9 Å². The zero-order valence-electron chi connectivity index (χ0n) is 12.4. The first-order valence-electron chi connectivity index (χ1n) is 6.99. The Morgan fingerprint density at radius 3 is 1.29 bits per heavy atom. The summed E-state index contributed by atoms with van der Waals surface area (Å²) >= 11 is 0. The Kier molecular flexibility index (Phi) is 4.47. The van der Waals surface area contributed by atoms with Crippen molar-refractivity contribution in [3.05, 3.63) is 72.3 Å². The molecule has 2 amide bonds. The molecule has 2 heterocycles. The molecular formula is C16H12N6O2. The maximum Gasteiger partial charge on any atom is 0.258 e. The van der Waals surface area contributed by atoms with Crippen LogP contribution < -0.4 is 10.6 Å². The predicted octanol–water partition coefficient (Wildman–Crippen LogP) is 1.77. The number of carbonyl (C=O) groups excluding carboxylic acids is 2. The van der Waals surface area contributed by atoms with Crippen LogP contribution in [0.3, 0.4) is 0 Å². The van der Waals surface area contributed by atoms with E-state index in [1.54, 1.807) is 36.4 Å². The van der Waals surface area contributed by atoms with Gasteiger partial charge in [-0.3, -0.25) is 20.2 Å². The highest BCUT2D eigenvalue weighted by Gasteiger charge is 2.11. The van der Waals surface area contributed by atoms with Gasteiger partial charge in [-0.15, -0.1) is 0 Å². The molecule has 2 aromatic heterocycles. The number of benzene rings is 1. The number of nitrogens with zero attached hydrogens (tertiary/aromatic N) is 4. The van der Waals surface area contributed by atoms with Gasteiger partial charge < -0.3 is 0 Å². The Balaban J connectivity index is 1.66. The Bertz CT molecular complexity index is 765. The van der Waals surface area contributed by atoms with Gasteiger partial charge in [-0.05, 0) is 36.4 Å². The number of nitrogens with one attached hydrogen (secondary N) is 2. The highest BCUT2D eigenvalue weighted by atomic mass is 16.2. The molecule has 0 saturated heterocycles. The van der Waals surface area contributed by atoms with Crippen LogP contribution in [0.15, 0.2) is 61.2 Å². The zero-order chi connectivity index (χ0) is 16.8. The second kappa shape index (κ2) is 7.05. The molecule has 24 heavy (non-hydrogen) atoms. The minimum absolute atomic E-state index is 0.213. The topological polar surface area (TPSA) is 110 Å². The van der Waals surface area contributed by atoms with Crippen molar-refractivity contribution < 1.29 is 9.59 Å². The lowest BCUT2D eigenvalue weighted by atomic mass is 10.1. The third-order valence-electron chi connectivity index (χ3n) is 2.99. The molecule has 0 aliphatic rings. The van der Waals surface area contributed by atoms with Gasteiger partial charge in [-0.2, -0.15) is 0 Å². The van der Waals surface area contributed by atoms with Gasteiger partial charge in [0.25, 0.3) is 11.8 Å². The van der Waals surface area contributed by atoms with E-state index < -0.39 is 0 Å². The molecule has 0 aliphatic carbocycles. The van der Waals surface area contributed by atoms with Crippen molar-refractivity contribution >= 4 is 23.7 Å². The number of aromatic nitrogens is 4. The summed E-state index contributed by atoms with van der Waals surface area (Å²) in [5.74, 6) is -0.296. The smallest absolute Gasteiger partial charge is 0.258 e. The number of anilines is 2. The number of hydrogen-bond acceptors (Lipinski definition) is 6. The SMILES string of the molecule is O=C(Nc1ncccn1)c1ccc(C(=O)Nc2ncccn2)cc1. The molecular weight excluding hydrogens is 308 g/mol. The highest BCUT2D eigenvalue weighted by molar-refractivity contribution is 6.06. The number of rotatable bonds is 4. The Morgan fingerprint density at radius 2 is 0.958 bits per heavy atom. The number of hydrogen-bond donors (Lipinski definition) is 2. The Labute approximate surface area is 137 Å². The Morgan fingerprint density at radius 1 is 0.625 bits per heavy atom. The van der Waals surface area contributed by atoms with E-state index in [2.05, 4.69) is 30.6 Å². The lowest BCUT2D eigenvalue weighted by Gasteiger charge is -2.05. The molecule has 2 N–H and O–H groups in total. The van der Waals surface area contributed by atoms with Crippen molar-refractivity contribution in [3.63, 3.8) is 0 Å². The van der Waals surface area contributed by atoms with Crippen molar-refractivity contribution in [1.82, 2.24) is 19.9 Å². The van der Waals surface area contributed by atoms with E-state index in [0.717, 1.165) is 0 Å². The molecule has 1 aromatic carbocycles. The van der Waals surface area contributed by atoms with Gasteiger partial charge in [-0.25, -0.2) is 19.9 Å². The van der Waals surface area contributed by atoms with Gasteiger partial charge in [-0.1, -0.05) is 0 Å². The molecule has 8 nitrogen and oxygen atoms in total. The molecule has 3 rings (SSSR count). The fraction of sp³-hybridized carbons (Fsp3) is 0. The summed E-state index contributed by atoms with van der Waals surface area (Å²) in [6.45, 7) is 0. The second-order valence-electron chi connectivity index (χ2n) is 4.63. The van der Waals surface area contributed by atoms with Gasteiger partial charge >= 0.3 is 0 Å². The van der Waals surface area contributed by atoms with Crippen molar-refractivity contribution in [3.8, 4) is 0 Å². The summed E-state index contributed by atoms with van der Waals surface area (Å²) in [5, 5.41) is 5.13. The van der Waals surface area contributed by atoms with Crippen LogP contribution >= 0.6 is 0 Å². The van der Waals surface area contributed by atoms with Crippen LogP contribution in [0.2, 0.25) is 0 Å². The lowest BCUT2D eigenvalue weighted by Crippen LogP contribution is -2.16. The summed E-state index contributed by atoms with van der Waals surface area (Å²) in [6, 6.07) is 9.47. The minimum Gasteiger partial charge on any atom is -0.290 e. The van der Waals surface area contributed by atoms with Gasteiger partial charge in [0.1, 0.15) is 0 Å². The van der Waals surface area contributed by atoms with E-state index in [1.807, 2.05) is 0 Å². The van der Waals surface area contributed by atoms with Crippen LogP contribution in [0.4, 0.5) is 11.9 Å². The average Bonchev–Trinajstić information content (AvgIpc) is 2.63. The minimum atomic E-state index is -0.362. The monoisotopic (exact) mass is 320 g/mol. The van der Waals surface area contributed by atoms with E-state index in [4.69, 9.17) is 0 Å². The van der Waals surface area contributed by atoms with Crippen LogP contribution in [-0.2, 0) is 0 Å². The first-order valence-corrected chi connectivity index (χ1v) is 6.99. The molecule has 8 heteroatoms. The summed E-state index contributed by atoms with van der Waals surface area (Å²) in [7, 11) is 0. The van der Waals surface area contributed by atoms with Crippen LogP contribution in [0.5, 0.6) is 0 Å². The molecule has 0 atom stereocenters. The number of carbonyl (C=O) groups is 2. The largest absolute Gasteiger partial charge is 0.290 e. The third kappa shape index (κ3) is 3.74. The maximum atomic E-state index is 12.1. The molecule has 0 spiro atoms. The van der Waals surface area contributed by atoms with E-state index in [0.29, 0.717) is 11.1 Å². The van der Waals surface area contributed by atoms with E-state index in [-0.39, 0.29) is 23.7 Å². The molecule has 0 aliphatic heterocycles. The quantitative estimate of drug-likeness (QED) is 0.758. The molecule has 3 aromatic rings. The van der Waals surface area contributed by atoms with Crippen molar-refractivity contribution in [1.29, 1.82) is 0 Å². The molecule has 0 saturated carbocycles. The van der Waals surface area contributed by atoms with Crippen LogP contribution in [-0.4, -0.2) is 31.8 Å². The standard InChI is InChI=1S/C16H12N6O2/c23-13(21-15-17-7-1-8-18-15)11-3-5-12(6-4-11)14(24)22-16-19-9-2-10-20-16/h1-10H,(H,17,18,21,23)(H,19,20,22,24). The van der Waals surface area contributed by atoms with Crippen molar-refractivity contribution in [2.24, 2.45) is 0 Å². The van der Waals surface area contributed by atoms with Crippen LogP contribution in [0.1, 0.15) is 20.7 Å². The van der Waals surface area contributed by atoms with Gasteiger partial charge in [0, 0.05) is 35.9 Å². The van der Waals surface area contributed by atoms with Gasteiger partial charge in [0.15, 0.2) is 0 Å². The first-order chi connectivity index (χ1) is 11.7. The normalized spacial score (nSPS) is 10.0. The van der Waals surface area contributed by atoms with E-state index in [9.17, 15) is 9.59 Å². The molecule has 0 unspecified atom stereocenters. The number of amides is 2. The summed E-state index contributed by atoms with van der Waals surface area (Å²) in [5.41, 5.74) is 0.768. The van der Waals surface area contributed by atoms with Crippen LogP contribution in [0, 0.1) is 0 Å². The summed E-state index contributed by atoms with van der Waals surface area (Å²) < 4.78 is 0. The zero-order valence-corrected chi connectivity index (χ0v) is 12.4. The lowest BCUT2D eigenvalue weighted by molar-refractivity contribution is 0.101. The second-order valence-corrected chi connectivity index (χ2v) is 4.63. The third-order valence-corrected chi connectivity index (χ3v) is 2.99. The summed E-state index contributed by atoms with van der Waals surface area (Å²) in [4.78, 5) is 39.8. The summed E-state index contributed by atoms with van der Waals surface area (Å²) in [6.07, 6.45) is 6.12. The maximum absolute atomic E-state index is 12.1. The van der Waals surface area contributed by atoms with Crippen LogP contribution in [0.25, 0.3) is 0 Å². The molecule has 0 radical (unpaired) electrons. The molecule has 0 bridgehead atoms. The first kappa shape index (κ1) is 15.2. The van der Waals surface area contributed by atoms with Crippen molar-refractivity contribution in [2.45, 2.75) is 0 Å². The highest BCUT2D eigenvalue weighted by Crippen LogP contribution is 2.08.